The minimum absolute atomic E-state index is 0.0842. The molecule has 192 valence electrons. The Bertz CT molecular complexity index is 1310. The highest BCUT2D eigenvalue weighted by atomic mass is 32.2. The number of carbonyl (C=O) groups excluding carboxylic acids is 4. The molecule has 3 aromatic rings. The molecule has 1 atom stereocenters. The van der Waals surface area contributed by atoms with Crippen molar-refractivity contribution in [3.63, 3.8) is 0 Å². The van der Waals surface area contributed by atoms with E-state index in [-0.39, 0.29) is 42.3 Å². The van der Waals surface area contributed by atoms with Crippen molar-refractivity contribution in [3.8, 4) is 5.75 Å². The van der Waals surface area contributed by atoms with Crippen molar-refractivity contribution >= 4 is 68.9 Å². The summed E-state index contributed by atoms with van der Waals surface area (Å²) in [4.78, 5) is 50.3. The van der Waals surface area contributed by atoms with Gasteiger partial charge in [0.25, 0.3) is 0 Å². The van der Waals surface area contributed by atoms with Crippen LogP contribution in [0.3, 0.4) is 0 Å². The van der Waals surface area contributed by atoms with Crippen LogP contribution in [-0.2, 0) is 19.2 Å². The molecule has 2 heterocycles. The van der Waals surface area contributed by atoms with Crippen LogP contribution in [0.4, 0.5) is 22.2 Å². The highest BCUT2D eigenvalue weighted by Crippen LogP contribution is 2.29. The highest BCUT2D eigenvalue weighted by Gasteiger charge is 2.35. The van der Waals surface area contributed by atoms with E-state index in [0.29, 0.717) is 32.3 Å². The number of anilines is 4. The second kappa shape index (κ2) is 11.8. The number of benzene rings is 2. The lowest BCUT2D eigenvalue weighted by Gasteiger charge is -2.16. The topological polar surface area (TPSA) is 143 Å². The summed E-state index contributed by atoms with van der Waals surface area (Å²) in [5.41, 5.74) is 1.84. The van der Waals surface area contributed by atoms with Crippen LogP contribution in [0.1, 0.15) is 13.3 Å². The molecule has 1 aliphatic heterocycles. The van der Waals surface area contributed by atoms with Gasteiger partial charge in [-0.25, -0.2) is 0 Å². The van der Waals surface area contributed by atoms with E-state index in [0.717, 1.165) is 11.3 Å². The van der Waals surface area contributed by atoms with Crippen molar-refractivity contribution in [1.82, 2.24) is 10.2 Å². The second-order valence-corrected chi connectivity index (χ2v) is 10.3. The van der Waals surface area contributed by atoms with Gasteiger partial charge in [0.15, 0.2) is 4.34 Å². The SMILES string of the molecule is COc1ccc(N2C[C@@H](C(=O)Nc3nnc(SCC(=O)Nc4cccc(NC(C)=O)c4)s3)CC2=O)cc1. The maximum atomic E-state index is 12.7. The third kappa shape index (κ3) is 7.05. The smallest absolute Gasteiger partial charge is 0.234 e. The predicted octanol–water partition coefficient (Wildman–Crippen LogP) is 3.23. The summed E-state index contributed by atoms with van der Waals surface area (Å²) in [6.45, 7) is 1.67. The third-order valence-electron chi connectivity index (χ3n) is 5.31. The van der Waals surface area contributed by atoms with Crippen LogP contribution in [0.15, 0.2) is 52.9 Å². The van der Waals surface area contributed by atoms with Gasteiger partial charge in [-0.05, 0) is 42.5 Å². The minimum atomic E-state index is -0.520. The maximum absolute atomic E-state index is 12.7. The zero-order valence-electron chi connectivity index (χ0n) is 20.0. The van der Waals surface area contributed by atoms with Gasteiger partial charge in [0.05, 0.1) is 18.8 Å². The molecule has 0 aliphatic carbocycles. The molecule has 11 nitrogen and oxygen atoms in total. The monoisotopic (exact) mass is 540 g/mol. The summed E-state index contributed by atoms with van der Waals surface area (Å²) in [5, 5.41) is 16.4. The first-order chi connectivity index (χ1) is 17.8. The number of rotatable bonds is 9. The Hall–Kier alpha value is -3.97. The van der Waals surface area contributed by atoms with Crippen LogP contribution in [-0.4, -0.2) is 53.2 Å². The molecule has 4 rings (SSSR count). The molecule has 0 saturated carbocycles. The molecule has 37 heavy (non-hydrogen) atoms. The Morgan fingerprint density at radius 2 is 1.81 bits per heavy atom. The molecule has 0 radical (unpaired) electrons. The van der Waals surface area contributed by atoms with Gasteiger partial charge in [0, 0.05) is 37.0 Å². The molecule has 2 aromatic carbocycles. The van der Waals surface area contributed by atoms with Gasteiger partial charge in [-0.1, -0.05) is 29.2 Å². The number of methoxy groups -OCH3 is 1. The number of amides is 4. The van der Waals surface area contributed by atoms with E-state index in [2.05, 4.69) is 26.1 Å². The second-order valence-electron chi connectivity index (χ2n) is 8.06. The Balaban J connectivity index is 1.26. The summed E-state index contributed by atoms with van der Waals surface area (Å²) in [7, 11) is 1.57. The van der Waals surface area contributed by atoms with E-state index < -0.39 is 5.92 Å². The largest absolute Gasteiger partial charge is 0.497 e. The lowest BCUT2D eigenvalue weighted by atomic mass is 10.1. The van der Waals surface area contributed by atoms with Gasteiger partial charge in [0.2, 0.25) is 28.8 Å². The first kappa shape index (κ1) is 26.1. The van der Waals surface area contributed by atoms with Crippen molar-refractivity contribution in [2.45, 2.75) is 17.7 Å². The molecule has 1 fully saturated rings. The van der Waals surface area contributed by atoms with Gasteiger partial charge in [-0.15, -0.1) is 10.2 Å². The lowest BCUT2D eigenvalue weighted by Crippen LogP contribution is -2.28. The average molecular weight is 541 g/mol. The van der Waals surface area contributed by atoms with E-state index >= 15 is 0 Å². The van der Waals surface area contributed by atoms with Crippen LogP contribution < -0.4 is 25.6 Å². The van der Waals surface area contributed by atoms with Crippen molar-refractivity contribution in [1.29, 1.82) is 0 Å². The molecular formula is C24H24N6O5S2. The van der Waals surface area contributed by atoms with Crippen LogP contribution >= 0.6 is 23.1 Å². The Morgan fingerprint density at radius 3 is 2.51 bits per heavy atom. The Morgan fingerprint density at radius 1 is 1.08 bits per heavy atom. The van der Waals surface area contributed by atoms with Gasteiger partial charge >= 0.3 is 0 Å². The van der Waals surface area contributed by atoms with Gasteiger partial charge < -0.3 is 25.6 Å². The number of nitrogens with one attached hydrogen (secondary N) is 3. The standard InChI is InChI=1S/C24H24N6O5S2/c1-14(31)25-16-4-3-5-17(11-16)26-20(32)13-36-24-29-28-23(37-24)27-22(34)15-10-21(33)30(12-15)18-6-8-19(35-2)9-7-18/h3-9,11,15H,10,12-13H2,1-2H3,(H,25,31)(H,26,32)(H,27,28,34)/t15-/m0/s1. The van der Waals surface area contributed by atoms with E-state index in [9.17, 15) is 19.2 Å². The third-order valence-corrected chi connectivity index (χ3v) is 7.28. The molecule has 3 N–H and O–H groups in total. The van der Waals surface area contributed by atoms with Gasteiger partial charge in [-0.3, -0.25) is 19.2 Å². The zero-order valence-corrected chi connectivity index (χ0v) is 21.6. The number of aromatic nitrogens is 2. The molecule has 1 aliphatic rings. The Kier molecular flexibility index (Phi) is 8.36. The summed E-state index contributed by atoms with van der Waals surface area (Å²) in [6.07, 6.45) is 0.0988. The predicted molar refractivity (Wildman–Crippen MR) is 142 cm³/mol. The van der Waals surface area contributed by atoms with Gasteiger partial charge in [-0.2, -0.15) is 0 Å². The first-order valence-corrected chi connectivity index (χ1v) is 13.0. The fraction of sp³-hybridized carbons (Fsp3) is 0.250. The summed E-state index contributed by atoms with van der Waals surface area (Å²) >= 11 is 2.33. The summed E-state index contributed by atoms with van der Waals surface area (Å²) in [5.74, 6) is -0.652. The fourth-order valence-corrected chi connectivity index (χ4v) is 5.18. The average Bonchev–Trinajstić information content (AvgIpc) is 3.49. The van der Waals surface area contributed by atoms with Crippen LogP contribution in [0, 0.1) is 5.92 Å². The van der Waals surface area contributed by atoms with Crippen molar-refractivity contribution in [2.75, 3.05) is 40.3 Å². The maximum Gasteiger partial charge on any atom is 0.234 e. The molecule has 0 bridgehead atoms. The number of nitrogens with zero attached hydrogens (tertiary/aromatic N) is 3. The molecular weight excluding hydrogens is 516 g/mol. The lowest BCUT2D eigenvalue weighted by molar-refractivity contribution is -0.122. The minimum Gasteiger partial charge on any atom is -0.497 e. The number of carbonyl (C=O) groups is 4. The summed E-state index contributed by atoms with van der Waals surface area (Å²) < 4.78 is 5.66. The summed E-state index contributed by atoms with van der Waals surface area (Å²) in [6, 6.07) is 13.9. The molecule has 4 amide bonds. The zero-order chi connectivity index (χ0) is 26.4. The number of hydrogen-bond donors (Lipinski definition) is 3. The Labute approximate surface area is 221 Å². The molecule has 1 aromatic heterocycles. The first-order valence-electron chi connectivity index (χ1n) is 11.2. The van der Waals surface area contributed by atoms with Crippen molar-refractivity contribution in [3.05, 3.63) is 48.5 Å². The quantitative estimate of drug-likeness (QED) is 0.277. The van der Waals surface area contributed by atoms with E-state index in [1.165, 1.54) is 18.7 Å². The fourth-order valence-electron chi connectivity index (χ4n) is 3.62. The number of hydrogen-bond acceptors (Lipinski definition) is 9. The normalized spacial score (nSPS) is 14.8. The van der Waals surface area contributed by atoms with Crippen molar-refractivity contribution in [2.24, 2.45) is 5.92 Å². The van der Waals surface area contributed by atoms with E-state index in [4.69, 9.17) is 4.74 Å². The van der Waals surface area contributed by atoms with Crippen LogP contribution in [0.2, 0.25) is 0 Å². The van der Waals surface area contributed by atoms with Crippen molar-refractivity contribution < 1.29 is 23.9 Å². The van der Waals surface area contributed by atoms with Gasteiger partial charge in [0.1, 0.15) is 5.75 Å². The molecule has 13 heteroatoms. The molecule has 0 spiro atoms. The number of ether oxygens (including phenoxy) is 1. The van der Waals surface area contributed by atoms with Crippen LogP contribution in [0.25, 0.3) is 0 Å². The highest BCUT2D eigenvalue weighted by molar-refractivity contribution is 8.01. The molecule has 1 saturated heterocycles. The number of thioether (sulfide) groups is 1. The molecule has 0 unspecified atom stereocenters. The van der Waals surface area contributed by atoms with Crippen LogP contribution in [0.5, 0.6) is 5.75 Å². The van der Waals surface area contributed by atoms with E-state index in [1.807, 2.05) is 0 Å². The van der Waals surface area contributed by atoms with E-state index in [1.54, 1.807) is 60.5 Å².